The minimum atomic E-state index is -0.434. The van der Waals surface area contributed by atoms with Gasteiger partial charge >= 0.3 is 0 Å². The zero-order valence-corrected chi connectivity index (χ0v) is 14.0. The van der Waals surface area contributed by atoms with Crippen LogP contribution >= 0.6 is 0 Å². The minimum absolute atomic E-state index is 0.00706. The number of morpholine rings is 1. The van der Waals surface area contributed by atoms with Gasteiger partial charge in [-0.05, 0) is 31.0 Å². The van der Waals surface area contributed by atoms with Gasteiger partial charge in [0.2, 0.25) is 5.91 Å². The number of nitrogens with one attached hydrogen (secondary N) is 1. The molecule has 7 heteroatoms. The molecule has 0 unspecified atom stereocenters. The van der Waals surface area contributed by atoms with Crippen molar-refractivity contribution in [1.29, 1.82) is 0 Å². The molecular weight excluding hydrogens is 325 g/mol. The van der Waals surface area contributed by atoms with Crippen molar-refractivity contribution in [3.63, 3.8) is 0 Å². The van der Waals surface area contributed by atoms with Gasteiger partial charge in [-0.25, -0.2) is 9.37 Å². The van der Waals surface area contributed by atoms with Crippen molar-refractivity contribution in [1.82, 2.24) is 14.9 Å². The molecule has 0 spiro atoms. The molecule has 1 fully saturated rings. The Labute approximate surface area is 144 Å². The number of hydrogen-bond donors (Lipinski definition) is 1. The summed E-state index contributed by atoms with van der Waals surface area (Å²) < 4.78 is 18.6. The first kappa shape index (κ1) is 17.3. The van der Waals surface area contributed by atoms with E-state index in [1.807, 2.05) is 0 Å². The van der Waals surface area contributed by atoms with Crippen LogP contribution < -0.4 is 5.56 Å². The van der Waals surface area contributed by atoms with Crippen molar-refractivity contribution in [2.24, 2.45) is 0 Å². The molecule has 25 heavy (non-hydrogen) atoms. The lowest BCUT2D eigenvalue weighted by atomic mass is 10.1. The van der Waals surface area contributed by atoms with E-state index < -0.39 is 6.10 Å². The Kier molecular flexibility index (Phi) is 5.23. The van der Waals surface area contributed by atoms with Crippen molar-refractivity contribution >= 4 is 5.91 Å². The molecule has 0 aliphatic carbocycles. The van der Waals surface area contributed by atoms with Crippen molar-refractivity contribution in [2.75, 3.05) is 19.7 Å². The maximum atomic E-state index is 12.9. The van der Waals surface area contributed by atoms with Gasteiger partial charge in [-0.1, -0.05) is 12.1 Å². The van der Waals surface area contributed by atoms with Gasteiger partial charge in [0.05, 0.1) is 13.2 Å². The molecule has 1 amide bonds. The zero-order valence-electron chi connectivity index (χ0n) is 14.0. The molecule has 1 aromatic heterocycles. The Morgan fingerprint density at radius 3 is 2.88 bits per heavy atom. The quantitative estimate of drug-likeness (QED) is 0.916. The van der Waals surface area contributed by atoms with Gasteiger partial charge in [-0.2, -0.15) is 0 Å². The Hall–Kier alpha value is -2.54. The van der Waals surface area contributed by atoms with Crippen molar-refractivity contribution < 1.29 is 13.9 Å². The number of benzene rings is 1. The third kappa shape index (κ3) is 4.51. The van der Waals surface area contributed by atoms with Crippen LogP contribution in [-0.2, 0) is 16.0 Å². The molecule has 132 valence electrons. The van der Waals surface area contributed by atoms with Gasteiger partial charge in [-0.15, -0.1) is 0 Å². The molecule has 1 N–H and O–H groups in total. The van der Waals surface area contributed by atoms with Gasteiger partial charge in [0, 0.05) is 24.7 Å². The van der Waals surface area contributed by atoms with Crippen molar-refractivity contribution in [3.05, 3.63) is 63.6 Å². The predicted octanol–water partition coefficient (Wildman–Crippen LogP) is 1.75. The summed E-state index contributed by atoms with van der Waals surface area (Å²) in [5.41, 5.74) is 1.30. The third-order valence-corrected chi connectivity index (χ3v) is 4.15. The van der Waals surface area contributed by atoms with E-state index in [-0.39, 0.29) is 17.3 Å². The molecule has 6 nitrogen and oxygen atoms in total. The molecule has 1 aliphatic heterocycles. The average Bonchev–Trinajstić information content (AvgIpc) is 2.60. The number of halogens is 1. The second-order valence-corrected chi connectivity index (χ2v) is 6.10. The molecule has 0 bridgehead atoms. The number of aromatic amines is 1. The summed E-state index contributed by atoms with van der Waals surface area (Å²) in [4.78, 5) is 32.7. The van der Waals surface area contributed by atoms with E-state index in [0.29, 0.717) is 44.1 Å². The Bertz CT molecular complexity index is 804. The fourth-order valence-corrected chi connectivity index (χ4v) is 2.86. The van der Waals surface area contributed by atoms with Crippen LogP contribution in [0.2, 0.25) is 0 Å². The summed E-state index contributed by atoms with van der Waals surface area (Å²) in [5, 5.41) is 0. The maximum Gasteiger partial charge on any atom is 0.251 e. The van der Waals surface area contributed by atoms with E-state index in [2.05, 4.69) is 9.97 Å². The molecule has 1 atom stereocenters. The topological polar surface area (TPSA) is 75.3 Å². The fraction of sp³-hybridized carbons (Fsp3) is 0.389. The van der Waals surface area contributed by atoms with Crippen LogP contribution in [0.25, 0.3) is 0 Å². The van der Waals surface area contributed by atoms with Crippen LogP contribution in [0.3, 0.4) is 0 Å². The lowest BCUT2D eigenvalue weighted by Crippen LogP contribution is -2.43. The van der Waals surface area contributed by atoms with E-state index in [9.17, 15) is 14.0 Å². The first-order valence-electron chi connectivity index (χ1n) is 8.23. The summed E-state index contributed by atoms with van der Waals surface area (Å²) in [5.74, 6) is 0.166. The second-order valence-electron chi connectivity index (χ2n) is 6.10. The number of nitrogens with zero attached hydrogens (tertiary/aromatic N) is 2. The van der Waals surface area contributed by atoms with Crippen LogP contribution in [0.15, 0.2) is 35.1 Å². The first-order valence-corrected chi connectivity index (χ1v) is 8.23. The van der Waals surface area contributed by atoms with E-state index in [4.69, 9.17) is 4.74 Å². The van der Waals surface area contributed by atoms with Crippen LogP contribution in [0.1, 0.15) is 29.6 Å². The molecule has 1 aliphatic rings. The molecule has 0 saturated carbocycles. The van der Waals surface area contributed by atoms with Crippen LogP contribution in [-0.4, -0.2) is 40.5 Å². The molecule has 3 rings (SSSR count). The molecule has 2 aromatic rings. The number of carbonyl (C=O) groups excluding carboxylic acids is 1. The average molecular weight is 345 g/mol. The van der Waals surface area contributed by atoms with Gasteiger partial charge in [0.25, 0.3) is 5.56 Å². The van der Waals surface area contributed by atoms with Crippen molar-refractivity contribution in [2.45, 2.75) is 25.9 Å². The monoisotopic (exact) mass is 345 g/mol. The van der Waals surface area contributed by atoms with E-state index in [1.54, 1.807) is 24.0 Å². The summed E-state index contributed by atoms with van der Waals surface area (Å²) >= 11 is 0. The number of aryl methyl sites for hydroxylation is 2. The first-order chi connectivity index (χ1) is 12.0. The fourth-order valence-electron chi connectivity index (χ4n) is 2.86. The third-order valence-electron chi connectivity index (χ3n) is 4.15. The SMILES string of the molecule is Cc1cc(=O)[nH]c([C@@H]2CN(C(=O)CCc3ccc(F)cc3)CCO2)n1. The minimum Gasteiger partial charge on any atom is -0.367 e. The highest BCUT2D eigenvalue weighted by atomic mass is 19.1. The zero-order chi connectivity index (χ0) is 17.8. The number of amides is 1. The lowest BCUT2D eigenvalue weighted by molar-refractivity contribution is -0.139. The second kappa shape index (κ2) is 7.57. The van der Waals surface area contributed by atoms with Crippen LogP contribution in [0.5, 0.6) is 0 Å². The standard InChI is InChI=1S/C18H20FN3O3/c1-12-10-16(23)21-18(20-12)15-11-22(8-9-25-15)17(24)7-4-13-2-5-14(19)6-3-13/h2-3,5-6,10,15H,4,7-9,11H2,1H3,(H,20,21,23)/t15-/m0/s1. The van der Waals surface area contributed by atoms with Crippen LogP contribution in [0.4, 0.5) is 4.39 Å². The highest BCUT2D eigenvalue weighted by molar-refractivity contribution is 5.76. The van der Waals surface area contributed by atoms with Gasteiger partial charge in [0.1, 0.15) is 17.7 Å². The van der Waals surface area contributed by atoms with Gasteiger partial charge < -0.3 is 14.6 Å². The van der Waals surface area contributed by atoms with E-state index >= 15 is 0 Å². The molecular formula is C18H20FN3O3. The molecule has 2 heterocycles. The summed E-state index contributed by atoms with van der Waals surface area (Å²) in [7, 11) is 0. The number of ether oxygens (including phenoxy) is 1. The Balaban J connectivity index is 1.61. The van der Waals surface area contributed by atoms with Crippen LogP contribution in [0, 0.1) is 12.7 Å². The number of rotatable bonds is 4. The van der Waals surface area contributed by atoms with Gasteiger partial charge in [0.15, 0.2) is 0 Å². The largest absolute Gasteiger partial charge is 0.367 e. The highest BCUT2D eigenvalue weighted by Crippen LogP contribution is 2.19. The number of carbonyl (C=O) groups is 1. The maximum absolute atomic E-state index is 12.9. The number of H-pyrrole nitrogens is 1. The van der Waals surface area contributed by atoms with E-state index in [0.717, 1.165) is 5.56 Å². The normalized spacial score (nSPS) is 17.5. The summed E-state index contributed by atoms with van der Waals surface area (Å²) in [6, 6.07) is 7.57. The number of aromatic nitrogens is 2. The summed E-state index contributed by atoms with van der Waals surface area (Å²) in [6.07, 6.45) is 0.465. The smallest absolute Gasteiger partial charge is 0.251 e. The highest BCUT2D eigenvalue weighted by Gasteiger charge is 2.26. The Morgan fingerprint density at radius 2 is 2.16 bits per heavy atom. The van der Waals surface area contributed by atoms with Crippen molar-refractivity contribution in [3.8, 4) is 0 Å². The van der Waals surface area contributed by atoms with Gasteiger partial charge in [-0.3, -0.25) is 9.59 Å². The lowest BCUT2D eigenvalue weighted by Gasteiger charge is -2.32. The Morgan fingerprint density at radius 1 is 1.40 bits per heavy atom. The van der Waals surface area contributed by atoms with E-state index in [1.165, 1.54) is 18.2 Å². The molecule has 0 radical (unpaired) electrons. The summed E-state index contributed by atoms with van der Waals surface area (Å²) in [6.45, 7) is 3.00. The predicted molar refractivity (Wildman–Crippen MR) is 89.6 cm³/mol. The molecule has 1 aromatic carbocycles. The molecule has 1 saturated heterocycles. The number of hydrogen-bond acceptors (Lipinski definition) is 4.